The zero-order valence-electron chi connectivity index (χ0n) is 7.14. The topological polar surface area (TPSA) is 18.5 Å². The smallest absolute Gasteiger partial charge is 0.338 e. The molecule has 0 amide bonds. The zero-order chi connectivity index (χ0) is 7.73. The second kappa shape index (κ2) is 2.88. The summed E-state index contributed by atoms with van der Waals surface area (Å²) in [6.45, 7) is 2.97. The lowest BCUT2D eigenvalue weighted by atomic mass is 10.3. The van der Waals surface area contributed by atoms with Crippen molar-refractivity contribution >= 4 is 8.56 Å². The highest BCUT2D eigenvalue weighted by atomic mass is 28.4. The van der Waals surface area contributed by atoms with Crippen LogP contribution >= 0.6 is 0 Å². The first kappa shape index (κ1) is 7.77. The molecule has 11 heavy (non-hydrogen) atoms. The summed E-state index contributed by atoms with van der Waals surface area (Å²) in [4.78, 5) is 0. The highest BCUT2D eigenvalue weighted by Crippen LogP contribution is 2.34. The summed E-state index contributed by atoms with van der Waals surface area (Å²) < 4.78 is 11.7. The third kappa shape index (κ3) is 1.50. The summed E-state index contributed by atoms with van der Waals surface area (Å²) in [5.41, 5.74) is 0. The van der Waals surface area contributed by atoms with Crippen molar-refractivity contribution in [3.63, 3.8) is 0 Å². The molecule has 2 aliphatic heterocycles. The van der Waals surface area contributed by atoms with Crippen LogP contribution in [0.2, 0.25) is 12.1 Å². The van der Waals surface area contributed by atoms with Crippen LogP contribution in [0.1, 0.15) is 26.2 Å². The van der Waals surface area contributed by atoms with Crippen molar-refractivity contribution in [1.82, 2.24) is 0 Å². The third-order valence-corrected chi connectivity index (χ3v) is 6.37. The Labute approximate surface area is 69.1 Å². The summed E-state index contributed by atoms with van der Waals surface area (Å²) in [7, 11) is -1.58. The van der Waals surface area contributed by atoms with Gasteiger partial charge in [0.1, 0.15) is 0 Å². The van der Waals surface area contributed by atoms with Gasteiger partial charge in [-0.15, -0.1) is 0 Å². The number of hydrogen-bond acceptors (Lipinski definition) is 2. The van der Waals surface area contributed by atoms with Gasteiger partial charge in [-0.1, -0.05) is 19.3 Å². The van der Waals surface area contributed by atoms with Crippen LogP contribution in [0.3, 0.4) is 0 Å². The predicted octanol–water partition coefficient (Wildman–Crippen LogP) is 2.05. The average Bonchev–Trinajstić information content (AvgIpc) is 2.34. The summed E-state index contributed by atoms with van der Waals surface area (Å²) in [6, 6.07) is 2.49. The first-order valence-corrected chi connectivity index (χ1v) is 6.86. The molecule has 1 spiro atoms. The van der Waals surface area contributed by atoms with E-state index in [4.69, 9.17) is 8.85 Å². The molecule has 2 aliphatic rings. The Kier molecular flexibility index (Phi) is 2.04. The molecule has 0 aromatic carbocycles. The average molecular weight is 172 g/mol. The van der Waals surface area contributed by atoms with Gasteiger partial charge in [-0.3, -0.25) is 0 Å². The number of rotatable bonds is 0. The van der Waals surface area contributed by atoms with Gasteiger partial charge in [0.2, 0.25) is 0 Å². The quantitative estimate of drug-likeness (QED) is 0.521. The lowest BCUT2D eigenvalue weighted by Crippen LogP contribution is -2.38. The van der Waals surface area contributed by atoms with Crippen molar-refractivity contribution in [2.24, 2.45) is 0 Å². The molecule has 0 aromatic heterocycles. The third-order valence-electron chi connectivity index (χ3n) is 2.61. The van der Waals surface area contributed by atoms with Crippen molar-refractivity contribution in [1.29, 1.82) is 0 Å². The first-order chi connectivity index (χ1) is 5.31. The molecule has 0 N–H and O–H groups in total. The van der Waals surface area contributed by atoms with Crippen LogP contribution in [-0.2, 0) is 8.85 Å². The minimum absolute atomic E-state index is 0.375. The maximum absolute atomic E-state index is 5.91. The van der Waals surface area contributed by atoms with Crippen LogP contribution in [0.4, 0.5) is 0 Å². The standard InChI is InChI=1S/C8H16O2Si/c1-8-7-9-11(10-8)5-3-2-4-6-11/h8H,2-7H2,1H3. The predicted molar refractivity (Wildman–Crippen MR) is 45.7 cm³/mol. The van der Waals surface area contributed by atoms with Crippen LogP contribution < -0.4 is 0 Å². The van der Waals surface area contributed by atoms with E-state index in [1.54, 1.807) is 0 Å². The molecule has 2 fully saturated rings. The highest BCUT2D eigenvalue weighted by Gasteiger charge is 2.44. The van der Waals surface area contributed by atoms with E-state index in [1.165, 1.54) is 31.4 Å². The van der Waals surface area contributed by atoms with Gasteiger partial charge in [0.05, 0.1) is 12.7 Å². The monoisotopic (exact) mass is 172 g/mol. The van der Waals surface area contributed by atoms with Gasteiger partial charge in [0.15, 0.2) is 0 Å². The fourth-order valence-electron chi connectivity index (χ4n) is 2.06. The van der Waals surface area contributed by atoms with Crippen molar-refractivity contribution in [2.75, 3.05) is 6.61 Å². The maximum atomic E-state index is 5.91. The molecular weight excluding hydrogens is 156 g/mol. The normalized spacial score (nSPS) is 36.3. The molecule has 1 atom stereocenters. The van der Waals surface area contributed by atoms with Crippen LogP contribution in [0.15, 0.2) is 0 Å². The second-order valence-electron chi connectivity index (χ2n) is 3.71. The Morgan fingerprint density at radius 1 is 1.18 bits per heavy atom. The van der Waals surface area contributed by atoms with Crippen LogP contribution in [0, 0.1) is 0 Å². The molecule has 0 aromatic rings. The van der Waals surface area contributed by atoms with E-state index in [9.17, 15) is 0 Å². The first-order valence-electron chi connectivity index (χ1n) is 4.63. The van der Waals surface area contributed by atoms with Gasteiger partial charge in [-0.05, 0) is 19.0 Å². The van der Waals surface area contributed by atoms with E-state index in [0.29, 0.717) is 6.10 Å². The Morgan fingerprint density at radius 2 is 1.91 bits per heavy atom. The molecule has 0 radical (unpaired) electrons. The molecular formula is C8H16O2Si. The van der Waals surface area contributed by atoms with Crippen LogP contribution in [-0.4, -0.2) is 21.3 Å². The van der Waals surface area contributed by atoms with Gasteiger partial charge < -0.3 is 8.85 Å². The van der Waals surface area contributed by atoms with Crippen molar-refractivity contribution < 1.29 is 8.85 Å². The van der Waals surface area contributed by atoms with Gasteiger partial charge in [0.25, 0.3) is 0 Å². The number of hydrogen-bond donors (Lipinski definition) is 0. The largest absolute Gasteiger partial charge is 0.392 e. The highest BCUT2D eigenvalue weighted by molar-refractivity contribution is 6.68. The molecule has 3 heteroatoms. The summed E-state index contributed by atoms with van der Waals surface area (Å²) in [5.74, 6) is 0. The molecule has 2 heterocycles. The minimum atomic E-state index is -1.58. The molecule has 1 unspecified atom stereocenters. The fraction of sp³-hybridized carbons (Fsp3) is 1.00. The molecule has 2 nitrogen and oxygen atoms in total. The SMILES string of the molecule is CC1CO[Si]2(CCCCC2)O1. The Morgan fingerprint density at radius 3 is 2.45 bits per heavy atom. The summed E-state index contributed by atoms with van der Waals surface area (Å²) in [6.07, 6.45) is 4.42. The van der Waals surface area contributed by atoms with E-state index < -0.39 is 8.56 Å². The fourth-order valence-corrected chi connectivity index (χ4v) is 5.82. The van der Waals surface area contributed by atoms with Crippen molar-refractivity contribution in [3.8, 4) is 0 Å². The lowest BCUT2D eigenvalue weighted by molar-refractivity contribution is 0.246. The van der Waals surface area contributed by atoms with E-state index >= 15 is 0 Å². The summed E-state index contributed by atoms with van der Waals surface area (Å²) >= 11 is 0. The van der Waals surface area contributed by atoms with Gasteiger partial charge in [0, 0.05) is 0 Å². The minimum Gasteiger partial charge on any atom is -0.392 e. The lowest BCUT2D eigenvalue weighted by Gasteiger charge is -2.27. The van der Waals surface area contributed by atoms with Crippen molar-refractivity contribution in [3.05, 3.63) is 0 Å². The van der Waals surface area contributed by atoms with Crippen LogP contribution in [0.5, 0.6) is 0 Å². The molecule has 0 saturated carbocycles. The molecule has 0 aliphatic carbocycles. The molecule has 0 bridgehead atoms. The second-order valence-corrected chi connectivity index (χ2v) is 7.06. The van der Waals surface area contributed by atoms with Crippen molar-refractivity contribution in [2.45, 2.75) is 44.4 Å². The molecule has 2 saturated heterocycles. The van der Waals surface area contributed by atoms with Gasteiger partial charge in [-0.2, -0.15) is 0 Å². The molecule has 64 valence electrons. The summed E-state index contributed by atoms with van der Waals surface area (Å²) in [5, 5.41) is 0. The van der Waals surface area contributed by atoms with E-state index in [1.807, 2.05) is 0 Å². The Balaban J connectivity index is 1.98. The van der Waals surface area contributed by atoms with E-state index in [-0.39, 0.29) is 0 Å². The van der Waals surface area contributed by atoms with Crippen LogP contribution in [0.25, 0.3) is 0 Å². The zero-order valence-corrected chi connectivity index (χ0v) is 8.14. The molecule has 2 rings (SSSR count). The van der Waals surface area contributed by atoms with E-state index in [0.717, 1.165) is 6.61 Å². The van der Waals surface area contributed by atoms with Gasteiger partial charge >= 0.3 is 8.56 Å². The Hall–Kier alpha value is 0.137. The maximum Gasteiger partial charge on any atom is 0.338 e. The van der Waals surface area contributed by atoms with E-state index in [2.05, 4.69) is 6.92 Å². The Bertz CT molecular complexity index is 138. The van der Waals surface area contributed by atoms with Gasteiger partial charge in [-0.25, -0.2) is 0 Å².